The van der Waals surface area contributed by atoms with Gasteiger partial charge in [0.2, 0.25) is 0 Å². The molecule has 4 rings (SSSR count). The van der Waals surface area contributed by atoms with Crippen LogP contribution in [0.15, 0.2) is 90.7 Å². The van der Waals surface area contributed by atoms with Crippen molar-refractivity contribution in [2.45, 2.75) is 58.7 Å². The fraction of sp³-hybridized carbons (Fsp3) is 0.323. The van der Waals surface area contributed by atoms with Crippen LogP contribution >= 0.6 is 0 Å². The Kier molecular flexibility index (Phi) is 8.68. The average molecular weight is 489 g/mol. The quantitative estimate of drug-likeness (QED) is 0.300. The van der Waals surface area contributed by atoms with E-state index in [1.54, 1.807) is 24.3 Å². The second-order valence-electron chi connectivity index (χ2n) is 9.18. The second kappa shape index (κ2) is 12.1. The number of halogens is 1. The molecule has 0 saturated carbocycles. The van der Waals surface area contributed by atoms with Crippen molar-refractivity contribution in [3.8, 4) is 0 Å². The summed E-state index contributed by atoms with van der Waals surface area (Å²) in [6.07, 6.45) is -0.805. The maximum absolute atomic E-state index is 16.3. The van der Waals surface area contributed by atoms with E-state index in [9.17, 15) is 4.79 Å². The molecule has 1 fully saturated rings. The molecule has 4 atom stereocenters. The molecule has 0 unspecified atom stereocenters. The normalized spacial score (nSPS) is 23.1. The van der Waals surface area contributed by atoms with Crippen molar-refractivity contribution in [3.63, 3.8) is 0 Å². The minimum Gasteiger partial charge on any atom is -0.488 e. The van der Waals surface area contributed by atoms with Crippen LogP contribution in [0, 0.1) is 5.92 Å². The van der Waals surface area contributed by atoms with Crippen LogP contribution in [-0.2, 0) is 27.4 Å². The van der Waals surface area contributed by atoms with Gasteiger partial charge in [-0.15, -0.1) is 0 Å². The lowest BCUT2D eigenvalue weighted by atomic mass is 9.87. The molecule has 4 nitrogen and oxygen atoms in total. The number of hydrogen-bond acceptors (Lipinski definition) is 4. The van der Waals surface area contributed by atoms with Gasteiger partial charge in [-0.2, -0.15) is 0 Å². The molecule has 188 valence electrons. The zero-order valence-corrected chi connectivity index (χ0v) is 21.0. The van der Waals surface area contributed by atoms with Crippen LogP contribution in [0.2, 0.25) is 0 Å². The predicted octanol–water partition coefficient (Wildman–Crippen LogP) is 7.14. The van der Waals surface area contributed by atoms with Crippen molar-refractivity contribution in [2.24, 2.45) is 5.92 Å². The van der Waals surface area contributed by atoms with Gasteiger partial charge >= 0.3 is 0 Å². The summed E-state index contributed by atoms with van der Waals surface area (Å²) in [5.41, 5.74) is 2.51. The Morgan fingerprint density at radius 1 is 0.833 bits per heavy atom. The lowest BCUT2D eigenvalue weighted by molar-refractivity contribution is -0.167. The van der Waals surface area contributed by atoms with Gasteiger partial charge in [-0.05, 0) is 24.5 Å². The minimum absolute atomic E-state index is 0.0425. The Bertz CT molecular complexity index is 1180. The molecule has 0 spiro atoms. The third-order valence-electron chi connectivity index (χ3n) is 6.66. The van der Waals surface area contributed by atoms with Crippen LogP contribution in [-0.4, -0.2) is 24.1 Å². The lowest BCUT2D eigenvalue weighted by Gasteiger charge is -2.42. The number of carbonyl (C=O) groups is 1. The molecule has 1 heterocycles. The summed E-state index contributed by atoms with van der Waals surface area (Å²) in [7, 11) is 0. The Labute approximate surface area is 212 Å². The number of rotatable bonds is 9. The number of benzene rings is 3. The summed E-state index contributed by atoms with van der Waals surface area (Å²) in [5.74, 6) is -0.754. The predicted molar refractivity (Wildman–Crippen MR) is 139 cm³/mol. The molecule has 3 aromatic rings. The van der Waals surface area contributed by atoms with Crippen LogP contribution in [0.1, 0.15) is 54.2 Å². The molecule has 1 aliphatic heterocycles. The largest absolute Gasteiger partial charge is 0.488 e. The van der Waals surface area contributed by atoms with E-state index in [0.29, 0.717) is 18.6 Å². The van der Waals surface area contributed by atoms with Gasteiger partial charge < -0.3 is 14.2 Å². The van der Waals surface area contributed by atoms with Gasteiger partial charge in [-0.25, -0.2) is 4.39 Å². The number of Topliss-reactive ketones (excluding diaryl/α,β-unsaturated/α-hetero) is 1. The van der Waals surface area contributed by atoms with Crippen molar-refractivity contribution in [3.05, 3.63) is 113 Å². The Morgan fingerprint density at radius 2 is 1.36 bits per heavy atom. The molecular formula is C31H33FO4. The van der Waals surface area contributed by atoms with Gasteiger partial charge in [0.25, 0.3) is 0 Å². The molecule has 0 aliphatic carbocycles. The first-order valence-corrected chi connectivity index (χ1v) is 12.5. The highest BCUT2D eigenvalue weighted by atomic mass is 19.1. The zero-order chi connectivity index (χ0) is 25.5. The molecule has 0 radical (unpaired) electrons. The van der Waals surface area contributed by atoms with E-state index < -0.39 is 18.0 Å². The first kappa shape index (κ1) is 25.8. The molecule has 3 aromatic carbocycles. The van der Waals surface area contributed by atoms with Crippen LogP contribution in [0.4, 0.5) is 4.39 Å². The Hall–Kier alpha value is -3.28. The van der Waals surface area contributed by atoms with E-state index in [2.05, 4.69) is 6.92 Å². The van der Waals surface area contributed by atoms with Crippen LogP contribution in [0.3, 0.4) is 0 Å². The molecule has 0 bridgehead atoms. The fourth-order valence-electron chi connectivity index (χ4n) is 4.66. The maximum atomic E-state index is 16.3. The van der Waals surface area contributed by atoms with Crippen LogP contribution < -0.4 is 0 Å². The topological polar surface area (TPSA) is 44.8 Å². The summed E-state index contributed by atoms with van der Waals surface area (Å²) >= 11 is 0. The van der Waals surface area contributed by atoms with E-state index in [-0.39, 0.29) is 35.7 Å². The van der Waals surface area contributed by atoms with Crippen molar-refractivity contribution in [1.29, 1.82) is 0 Å². The third-order valence-corrected chi connectivity index (χ3v) is 6.66. The molecule has 1 saturated heterocycles. The van der Waals surface area contributed by atoms with E-state index in [1.165, 1.54) is 6.92 Å². The number of ether oxygens (including phenoxy) is 3. The smallest absolute Gasteiger partial charge is 0.171 e. The summed E-state index contributed by atoms with van der Waals surface area (Å²) < 4.78 is 35.3. The van der Waals surface area contributed by atoms with Gasteiger partial charge in [-0.3, -0.25) is 4.79 Å². The first-order chi connectivity index (χ1) is 17.5. The van der Waals surface area contributed by atoms with Crippen molar-refractivity contribution in [2.75, 3.05) is 0 Å². The van der Waals surface area contributed by atoms with Crippen molar-refractivity contribution < 1.29 is 23.4 Å². The van der Waals surface area contributed by atoms with Gasteiger partial charge in [-0.1, -0.05) is 98.8 Å². The molecule has 1 aliphatic rings. The van der Waals surface area contributed by atoms with E-state index in [0.717, 1.165) is 11.1 Å². The van der Waals surface area contributed by atoms with E-state index in [4.69, 9.17) is 14.2 Å². The molecular weight excluding hydrogens is 455 g/mol. The SMILES string of the molecule is CC[C@H]1OC(=C(F)c2ccccc2C(C)=O)[C@H](OCc2ccccc2)[C@@H](OCc2ccccc2)[C@@H]1C. The third kappa shape index (κ3) is 5.92. The highest BCUT2D eigenvalue weighted by molar-refractivity contribution is 5.98. The second-order valence-corrected chi connectivity index (χ2v) is 9.18. The summed E-state index contributed by atoms with van der Waals surface area (Å²) in [6, 6.07) is 26.3. The molecule has 5 heteroatoms. The Morgan fingerprint density at radius 3 is 1.92 bits per heavy atom. The summed E-state index contributed by atoms with van der Waals surface area (Å²) in [4.78, 5) is 12.3. The highest BCUT2D eigenvalue weighted by Gasteiger charge is 2.44. The number of hydrogen-bond donors (Lipinski definition) is 0. The molecule has 36 heavy (non-hydrogen) atoms. The van der Waals surface area contributed by atoms with Crippen LogP contribution in [0.25, 0.3) is 5.83 Å². The highest BCUT2D eigenvalue weighted by Crippen LogP contribution is 2.39. The van der Waals surface area contributed by atoms with E-state index in [1.807, 2.05) is 67.6 Å². The minimum atomic E-state index is -0.785. The first-order valence-electron chi connectivity index (χ1n) is 12.5. The fourth-order valence-corrected chi connectivity index (χ4v) is 4.66. The van der Waals surface area contributed by atoms with Crippen LogP contribution in [0.5, 0.6) is 0 Å². The molecule has 0 N–H and O–H groups in total. The standard InChI is InChI=1S/C31H33FO4/c1-4-27-21(2)29(34-19-23-13-7-5-8-14-23)31(35-20-24-15-9-6-10-16-24)30(36-27)28(32)26-18-12-11-17-25(26)22(3)33/h5-18,21,27,29,31H,4,19-20H2,1-3H3/t21-,27-,29+,31-/m1/s1. The molecule has 0 amide bonds. The summed E-state index contributed by atoms with van der Waals surface area (Å²) in [6.45, 7) is 6.15. The van der Waals surface area contributed by atoms with Gasteiger partial charge in [0, 0.05) is 17.0 Å². The molecule has 0 aromatic heterocycles. The van der Waals surface area contributed by atoms with Crippen molar-refractivity contribution >= 4 is 11.6 Å². The average Bonchev–Trinajstić information content (AvgIpc) is 2.92. The number of carbonyl (C=O) groups excluding carboxylic acids is 1. The maximum Gasteiger partial charge on any atom is 0.171 e. The van der Waals surface area contributed by atoms with Crippen molar-refractivity contribution in [1.82, 2.24) is 0 Å². The van der Waals surface area contributed by atoms with E-state index >= 15 is 4.39 Å². The van der Waals surface area contributed by atoms with Gasteiger partial charge in [0.1, 0.15) is 12.2 Å². The number of ketones is 1. The summed E-state index contributed by atoms with van der Waals surface area (Å²) in [5, 5.41) is 0. The Balaban J connectivity index is 1.74. The zero-order valence-electron chi connectivity index (χ0n) is 21.0. The van der Waals surface area contributed by atoms with Gasteiger partial charge in [0.05, 0.1) is 19.3 Å². The lowest BCUT2D eigenvalue weighted by Crippen LogP contribution is -2.49. The van der Waals surface area contributed by atoms with Gasteiger partial charge in [0.15, 0.2) is 17.4 Å². The monoisotopic (exact) mass is 488 g/mol.